The van der Waals surface area contributed by atoms with Crippen molar-refractivity contribution >= 4 is 84.8 Å². The van der Waals surface area contributed by atoms with Crippen molar-refractivity contribution < 1.29 is 6.85 Å². The summed E-state index contributed by atoms with van der Waals surface area (Å²) in [5, 5.41) is 6.49. The molecule has 13 aromatic rings. The molecule has 0 bridgehead atoms. The maximum atomic E-state index is 8.99. The number of rotatable bonds is 6. The van der Waals surface area contributed by atoms with Crippen LogP contribution in [-0.4, -0.2) is 19.5 Å². The number of benzene rings is 9. The first kappa shape index (κ1) is 31.1. The van der Waals surface area contributed by atoms with Gasteiger partial charge in [-0.05, 0) is 41.5 Å². The normalized spacial score (nSPS) is 12.9. The first-order chi connectivity index (χ1) is 33.3. The molecule has 0 radical (unpaired) electrons. The Balaban J connectivity index is 1.10. The highest BCUT2D eigenvalue weighted by Gasteiger charge is 2.22. The minimum absolute atomic E-state index is 0.195. The zero-order valence-electron chi connectivity index (χ0n) is 38.3. The van der Waals surface area contributed by atoms with Gasteiger partial charge in [0.25, 0.3) is 0 Å². The Morgan fingerprint density at radius 2 is 0.810 bits per heavy atom. The van der Waals surface area contributed by atoms with Gasteiger partial charge in [-0.1, -0.05) is 176 Å². The highest BCUT2D eigenvalue weighted by molar-refractivity contribution is 7.28. The molecule has 63 heavy (non-hydrogen) atoms. The Hall–Kier alpha value is -7.77. The average Bonchev–Trinajstić information content (AvgIpc) is 4.08. The van der Waals surface area contributed by atoms with E-state index in [4.69, 9.17) is 21.8 Å². The van der Waals surface area contributed by atoms with Crippen LogP contribution in [0.25, 0.3) is 124 Å². The van der Waals surface area contributed by atoms with E-state index in [-0.39, 0.29) is 29.7 Å². The number of fused-ring (bicyclic) bond motifs is 9. The molecule has 294 valence electrons. The number of hydrogen-bond acceptors (Lipinski definition) is 5. The number of aromatic nitrogens is 4. The fourth-order valence-corrected chi connectivity index (χ4v) is 11.8. The molecule has 4 nitrogen and oxygen atoms in total. The fraction of sp³-hybridized carbons (Fsp3) is 0. The van der Waals surface area contributed by atoms with E-state index in [1.165, 1.54) is 0 Å². The van der Waals surface area contributed by atoms with Crippen molar-refractivity contribution in [3.05, 3.63) is 206 Å². The minimum atomic E-state index is -0.409. The molecule has 0 aliphatic carbocycles. The van der Waals surface area contributed by atoms with E-state index in [9.17, 15) is 0 Å². The third-order valence-corrected chi connectivity index (χ3v) is 14.5. The Bertz CT molecular complexity index is 4080. The Kier molecular flexibility index (Phi) is 7.13. The molecule has 0 aliphatic rings. The van der Waals surface area contributed by atoms with Crippen molar-refractivity contribution in [1.29, 1.82) is 0 Å². The minimum Gasteiger partial charge on any atom is -0.309 e. The summed E-state index contributed by atoms with van der Waals surface area (Å²) in [7, 11) is 0. The summed E-state index contributed by atoms with van der Waals surface area (Å²) in [6, 6.07) is 58.8. The van der Waals surface area contributed by atoms with Crippen molar-refractivity contribution in [3.63, 3.8) is 0 Å². The lowest BCUT2D eigenvalue weighted by Crippen LogP contribution is -2.00. The van der Waals surface area contributed by atoms with Gasteiger partial charge in [0.2, 0.25) is 0 Å². The first-order valence-corrected chi connectivity index (χ1v) is 22.3. The topological polar surface area (TPSA) is 43.6 Å². The van der Waals surface area contributed by atoms with Crippen LogP contribution in [0.2, 0.25) is 0 Å². The second-order valence-electron chi connectivity index (χ2n) is 15.5. The SMILES string of the molecule is [2H]c1c([2H])c([2H])c(-c2cccc3c2sc2c(-c4cccc5c4sc4c(-c6nc(-c7ccccc7)nc(-c7ccccc7)n6)cccc45)cc(-n4c5ccccc5c5ccccc54)cc23)c([2H])c1[2H]. The zero-order valence-corrected chi connectivity index (χ0v) is 35.0. The zero-order chi connectivity index (χ0) is 45.8. The molecule has 0 amide bonds. The molecule has 6 heteroatoms. The molecule has 0 atom stereocenters. The molecule has 4 heterocycles. The lowest BCUT2D eigenvalue weighted by atomic mass is 9.98. The standard InChI is InChI=1S/C57H34N4S2/c1-4-17-35(18-5-1)39-25-14-28-44-47-33-38(61-49-31-12-10-23-40(49)41-24-11-13-32-50(41)61)34-48(54(47)62-51(39)44)45-29-15-26-42-43-27-16-30-46(53(43)63-52(42)45)57-59-55(36-19-6-2-7-20-36)58-56(60-57)37-21-8-3-9-22-37/h1-34H/i1D,4D,5D,17D,18D. The Morgan fingerprint density at radius 3 is 1.43 bits per heavy atom. The third-order valence-electron chi connectivity index (χ3n) is 11.9. The summed E-state index contributed by atoms with van der Waals surface area (Å²) < 4.78 is 49.8. The maximum Gasteiger partial charge on any atom is 0.165 e. The van der Waals surface area contributed by atoms with Gasteiger partial charge in [0.15, 0.2) is 17.5 Å². The summed E-state index contributed by atoms with van der Waals surface area (Å²) in [6.45, 7) is 0. The molecule has 0 aliphatic heterocycles. The molecule has 13 rings (SSSR count). The largest absolute Gasteiger partial charge is 0.309 e. The van der Waals surface area contributed by atoms with Gasteiger partial charge in [0.05, 0.1) is 17.9 Å². The van der Waals surface area contributed by atoms with E-state index in [1.54, 1.807) is 22.7 Å². The van der Waals surface area contributed by atoms with E-state index >= 15 is 0 Å². The fourth-order valence-electron chi connectivity index (χ4n) is 9.13. The lowest BCUT2D eigenvalue weighted by molar-refractivity contribution is 1.08. The first-order valence-electron chi connectivity index (χ1n) is 23.2. The van der Waals surface area contributed by atoms with E-state index in [0.29, 0.717) is 23.0 Å². The smallest absolute Gasteiger partial charge is 0.165 e. The van der Waals surface area contributed by atoms with E-state index in [1.807, 2.05) is 72.8 Å². The predicted molar refractivity (Wildman–Crippen MR) is 267 cm³/mol. The highest BCUT2D eigenvalue weighted by atomic mass is 32.1. The Labute approximate surface area is 377 Å². The van der Waals surface area contributed by atoms with Gasteiger partial charge in [0, 0.05) is 84.6 Å². The van der Waals surface area contributed by atoms with Gasteiger partial charge < -0.3 is 4.57 Å². The molecule has 0 N–H and O–H groups in total. The molecular formula is C57H34N4S2. The third kappa shape index (κ3) is 5.76. The van der Waals surface area contributed by atoms with Gasteiger partial charge in [-0.15, -0.1) is 22.7 Å². The van der Waals surface area contributed by atoms with E-state index < -0.39 is 6.04 Å². The van der Waals surface area contributed by atoms with Crippen LogP contribution in [0.4, 0.5) is 0 Å². The number of hydrogen-bond donors (Lipinski definition) is 0. The average molecular weight is 844 g/mol. The van der Waals surface area contributed by atoms with E-state index in [0.717, 1.165) is 95.7 Å². The number of para-hydroxylation sites is 2. The molecular weight excluding hydrogens is 805 g/mol. The molecule has 9 aromatic carbocycles. The van der Waals surface area contributed by atoms with Crippen LogP contribution in [0.15, 0.2) is 206 Å². The maximum absolute atomic E-state index is 8.99. The summed E-state index contributed by atoms with van der Waals surface area (Å²) in [4.78, 5) is 15.2. The van der Waals surface area contributed by atoms with Gasteiger partial charge >= 0.3 is 0 Å². The quantitative estimate of drug-likeness (QED) is 0.167. The van der Waals surface area contributed by atoms with Crippen LogP contribution in [-0.2, 0) is 0 Å². The summed E-state index contributed by atoms with van der Waals surface area (Å²) >= 11 is 3.33. The number of thiophene rings is 2. The molecule has 0 saturated heterocycles. The Morgan fingerprint density at radius 1 is 0.349 bits per heavy atom. The van der Waals surface area contributed by atoms with Crippen LogP contribution in [0.3, 0.4) is 0 Å². The van der Waals surface area contributed by atoms with Crippen LogP contribution >= 0.6 is 22.7 Å². The van der Waals surface area contributed by atoms with Crippen molar-refractivity contribution in [2.75, 3.05) is 0 Å². The molecule has 0 spiro atoms. The van der Waals surface area contributed by atoms with Crippen molar-refractivity contribution in [3.8, 4) is 62.1 Å². The van der Waals surface area contributed by atoms with E-state index in [2.05, 4.69) is 108 Å². The second kappa shape index (κ2) is 14.4. The molecule has 0 saturated carbocycles. The van der Waals surface area contributed by atoms with Crippen LogP contribution in [0, 0.1) is 0 Å². The van der Waals surface area contributed by atoms with Gasteiger partial charge in [-0.25, -0.2) is 15.0 Å². The van der Waals surface area contributed by atoms with Crippen LogP contribution in [0.1, 0.15) is 6.85 Å². The summed E-state index contributed by atoms with van der Waals surface area (Å²) in [5.74, 6) is 1.80. The monoisotopic (exact) mass is 843 g/mol. The van der Waals surface area contributed by atoms with Gasteiger partial charge in [0.1, 0.15) is 0 Å². The van der Waals surface area contributed by atoms with Gasteiger partial charge in [-0.2, -0.15) is 0 Å². The second-order valence-corrected chi connectivity index (χ2v) is 17.6. The summed E-state index contributed by atoms with van der Waals surface area (Å²) in [5.41, 5.74) is 8.79. The highest BCUT2D eigenvalue weighted by Crippen LogP contribution is 2.49. The molecule has 4 aromatic heterocycles. The predicted octanol–water partition coefficient (Wildman–Crippen LogP) is 16.0. The van der Waals surface area contributed by atoms with Crippen LogP contribution < -0.4 is 0 Å². The van der Waals surface area contributed by atoms with Crippen molar-refractivity contribution in [1.82, 2.24) is 19.5 Å². The number of nitrogens with zero attached hydrogens (tertiary/aromatic N) is 4. The lowest BCUT2D eigenvalue weighted by Gasteiger charge is -2.13. The van der Waals surface area contributed by atoms with Crippen molar-refractivity contribution in [2.24, 2.45) is 0 Å². The van der Waals surface area contributed by atoms with Crippen molar-refractivity contribution in [2.45, 2.75) is 0 Å². The molecule has 0 unspecified atom stereocenters. The molecule has 0 fully saturated rings. The summed E-state index contributed by atoms with van der Waals surface area (Å²) in [6.07, 6.45) is 0. The van der Waals surface area contributed by atoms with Gasteiger partial charge in [-0.3, -0.25) is 0 Å². The van der Waals surface area contributed by atoms with Crippen LogP contribution in [0.5, 0.6) is 0 Å².